The topological polar surface area (TPSA) is 66.8 Å². The van der Waals surface area contributed by atoms with Gasteiger partial charge in [0.15, 0.2) is 0 Å². The number of hydrogen-bond acceptors (Lipinski definition) is 3. The van der Waals surface area contributed by atoms with Crippen LogP contribution in [0.1, 0.15) is 35.7 Å². The Morgan fingerprint density at radius 3 is 2.85 bits per heavy atom. The van der Waals surface area contributed by atoms with Crippen LogP contribution >= 0.6 is 0 Å². The van der Waals surface area contributed by atoms with E-state index in [-0.39, 0.29) is 11.5 Å². The Kier molecular flexibility index (Phi) is 4.74. The molecule has 108 valence electrons. The predicted molar refractivity (Wildman–Crippen MR) is 75.2 cm³/mol. The number of amides is 1. The fourth-order valence-electron chi connectivity index (χ4n) is 2.31. The Labute approximate surface area is 118 Å². The number of rotatable bonds is 6. The number of carbonyl (C=O) groups excluding carboxylic acids is 1. The van der Waals surface area contributed by atoms with Crippen molar-refractivity contribution in [2.45, 2.75) is 26.2 Å². The highest BCUT2D eigenvalue weighted by molar-refractivity contribution is 5.97. The highest BCUT2D eigenvalue weighted by Crippen LogP contribution is 2.29. The van der Waals surface area contributed by atoms with Gasteiger partial charge in [-0.3, -0.25) is 4.79 Å². The second-order valence-electron chi connectivity index (χ2n) is 4.81. The van der Waals surface area contributed by atoms with Crippen LogP contribution in [0.3, 0.4) is 0 Å². The van der Waals surface area contributed by atoms with Crippen LogP contribution in [0.5, 0.6) is 0 Å². The number of carboxylic acids is 1. The van der Waals surface area contributed by atoms with Crippen LogP contribution in [0.15, 0.2) is 18.2 Å². The summed E-state index contributed by atoms with van der Waals surface area (Å²) in [6.45, 7) is 3.71. The summed E-state index contributed by atoms with van der Waals surface area (Å²) in [5.41, 5.74) is 1.97. The van der Waals surface area contributed by atoms with Gasteiger partial charge >= 0.3 is 5.97 Å². The van der Waals surface area contributed by atoms with E-state index in [0.717, 1.165) is 24.1 Å². The molecule has 0 atom stereocenters. The maximum atomic E-state index is 12.2. The zero-order valence-corrected chi connectivity index (χ0v) is 11.6. The van der Waals surface area contributed by atoms with Gasteiger partial charge in [-0.2, -0.15) is 0 Å². The minimum Gasteiger partial charge on any atom is -0.478 e. The summed E-state index contributed by atoms with van der Waals surface area (Å²) in [5, 5.41) is 9.02. The average Bonchev–Trinajstić information content (AvgIpc) is 2.86. The number of fused-ring (bicyclic) bond motifs is 1. The first-order valence-electron chi connectivity index (χ1n) is 6.87. The first kappa shape index (κ1) is 14.5. The van der Waals surface area contributed by atoms with Gasteiger partial charge in [0.25, 0.3) is 0 Å². The Hall–Kier alpha value is -1.88. The number of hydrogen-bond donors (Lipinski definition) is 1. The van der Waals surface area contributed by atoms with E-state index in [1.165, 1.54) is 0 Å². The third-order valence-electron chi connectivity index (χ3n) is 3.34. The Balaban J connectivity index is 2.04. The van der Waals surface area contributed by atoms with E-state index in [4.69, 9.17) is 9.84 Å². The van der Waals surface area contributed by atoms with Crippen molar-refractivity contribution in [2.24, 2.45) is 0 Å². The van der Waals surface area contributed by atoms with Crippen molar-refractivity contribution < 1.29 is 19.4 Å². The number of benzene rings is 1. The third kappa shape index (κ3) is 3.17. The van der Waals surface area contributed by atoms with Crippen molar-refractivity contribution in [2.75, 3.05) is 24.7 Å². The summed E-state index contributed by atoms with van der Waals surface area (Å²) in [6.07, 6.45) is 2.04. The number of carboxylic acid groups (broad SMARTS) is 1. The standard InChI is InChI=1S/C15H19NO4/c1-2-8-20-9-6-14(17)16-7-5-11-3-4-12(15(18)19)10-13(11)16/h3-4,10H,2,5-9H2,1H3,(H,18,19). The third-order valence-corrected chi connectivity index (χ3v) is 3.34. The molecular weight excluding hydrogens is 258 g/mol. The summed E-state index contributed by atoms with van der Waals surface area (Å²) in [6, 6.07) is 4.95. The molecule has 20 heavy (non-hydrogen) atoms. The number of carbonyl (C=O) groups is 2. The summed E-state index contributed by atoms with van der Waals surface area (Å²) < 4.78 is 5.32. The van der Waals surface area contributed by atoms with Crippen molar-refractivity contribution >= 4 is 17.6 Å². The van der Waals surface area contributed by atoms with E-state index in [1.807, 2.05) is 6.92 Å². The van der Waals surface area contributed by atoms with Crippen LogP contribution in [-0.2, 0) is 16.0 Å². The average molecular weight is 277 g/mol. The number of anilines is 1. The van der Waals surface area contributed by atoms with Crippen LogP contribution in [-0.4, -0.2) is 36.7 Å². The predicted octanol–water partition coefficient (Wildman–Crippen LogP) is 2.09. The molecule has 1 aliphatic heterocycles. The Morgan fingerprint density at radius 2 is 2.15 bits per heavy atom. The lowest BCUT2D eigenvalue weighted by Crippen LogP contribution is -2.29. The molecule has 1 heterocycles. The molecule has 5 nitrogen and oxygen atoms in total. The van der Waals surface area contributed by atoms with Crippen LogP contribution in [0.4, 0.5) is 5.69 Å². The van der Waals surface area contributed by atoms with Gasteiger partial charge in [0, 0.05) is 18.8 Å². The number of aromatic carboxylic acids is 1. The zero-order valence-electron chi connectivity index (χ0n) is 11.6. The lowest BCUT2D eigenvalue weighted by atomic mass is 10.1. The van der Waals surface area contributed by atoms with Gasteiger partial charge in [-0.1, -0.05) is 13.0 Å². The summed E-state index contributed by atoms with van der Waals surface area (Å²) in [4.78, 5) is 24.8. The van der Waals surface area contributed by atoms with Crippen LogP contribution in [0, 0.1) is 0 Å². The van der Waals surface area contributed by atoms with Crippen LogP contribution in [0.25, 0.3) is 0 Å². The van der Waals surface area contributed by atoms with Crippen LogP contribution < -0.4 is 4.90 Å². The van der Waals surface area contributed by atoms with Gasteiger partial charge in [-0.05, 0) is 30.5 Å². The van der Waals surface area contributed by atoms with Gasteiger partial charge < -0.3 is 14.7 Å². The monoisotopic (exact) mass is 277 g/mol. The molecule has 1 aromatic carbocycles. The molecule has 0 aromatic heterocycles. The van der Waals surface area contributed by atoms with Crippen LogP contribution in [0.2, 0.25) is 0 Å². The summed E-state index contributed by atoms with van der Waals surface area (Å²) in [7, 11) is 0. The maximum absolute atomic E-state index is 12.2. The number of ether oxygens (including phenoxy) is 1. The summed E-state index contributed by atoms with van der Waals surface area (Å²) >= 11 is 0. The fourth-order valence-corrected chi connectivity index (χ4v) is 2.31. The van der Waals surface area contributed by atoms with Crippen molar-refractivity contribution in [3.63, 3.8) is 0 Å². The van der Waals surface area contributed by atoms with Crippen molar-refractivity contribution in [1.82, 2.24) is 0 Å². The number of nitrogens with zero attached hydrogens (tertiary/aromatic N) is 1. The molecule has 1 N–H and O–H groups in total. The molecule has 0 saturated heterocycles. The molecular formula is C15H19NO4. The molecule has 0 spiro atoms. The van der Waals surface area contributed by atoms with Gasteiger partial charge in [0.05, 0.1) is 18.6 Å². The smallest absolute Gasteiger partial charge is 0.335 e. The molecule has 0 unspecified atom stereocenters. The lowest BCUT2D eigenvalue weighted by molar-refractivity contribution is -0.119. The molecule has 0 radical (unpaired) electrons. The van der Waals surface area contributed by atoms with Crippen molar-refractivity contribution in [3.05, 3.63) is 29.3 Å². The normalized spacial score (nSPS) is 13.3. The molecule has 0 fully saturated rings. The maximum Gasteiger partial charge on any atom is 0.335 e. The van der Waals surface area contributed by atoms with E-state index >= 15 is 0 Å². The van der Waals surface area contributed by atoms with Gasteiger partial charge in [0.2, 0.25) is 5.91 Å². The molecule has 1 amide bonds. The first-order valence-corrected chi connectivity index (χ1v) is 6.87. The quantitative estimate of drug-likeness (QED) is 0.808. The first-order chi connectivity index (χ1) is 9.63. The minimum atomic E-state index is -0.974. The highest BCUT2D eigenvalue weighted by Gasteiger charge is 2.25. The Bertz CT molecular complexity index is 513. The molecule has 1 aliphatic rings. The lowest BCUT2D eigenvalue weighted by Gasteiger charge is -2.17. The molecule has 5 heteroatoms. The molecule has 0 bridgehead atoms. The minimum absolute atomic E-state index is 0.0117. The van der Waals surface area contributed by atoms with Gasteiger partial charge in [-0.15, -0.1) is 0 Å². The highest BCUT2D eigenvalue weighted by atomic mass is 16.5. The van der Waals surface area contributed by atoms with Crippen molar-refractivity contribution in [3.8, 4) is 0 Å². The fraction of sp³-hybridized carbons (Fsp3) is 0.467. The van der Waals surface area contributed by atoms with E-state index in [2.05, 4.69) is 0 Å². The molecule has 2 rings (SSSR count). The second kappa shape index (κ2) is 6.52. The Morgan fingerprint density at radius 1 is 1.35 bits per heavy atom. The molecule has 0 saturated carbocycles. The zero-order chi connectivity index (χ0) is 14.5. The summed E-state index contributed by atoms with van der Waals surface area (Å²) in [5.74, 6) is -0.985. The SMILES string of the molecule is CCCOCCC(=O)N1CCc2ccc(C(=O)O)cc21. The van der Waals surface area contributed by atoms with E-state index in [0.29, 0.717) is 26.2 Å². The van der Waals surface area contributed by atoms with E-state index < -0.39 is 5.97 Å². The van der Waals surface area contributed by atoms with Gasteiger partial charge in [0.1, 0.15) is 0 Å². The van der Waals surface area contributed by atoms with E-state index in [1.54, 1.807) is 23.1 Å². The van der Waals surface area contributed by atoms with Gasteiger partial charge in [-0.25, -0.2) is 4.79 Å². The second-order valence-corrected chi connectivity index (χ2v) is 4.81. The molecule has 0 aliphatic carbocycles. The van der Waals surface area contributed by atoms with Crippen molar-refractivity contribution in [1.29, 1.82) is 0 Å². The van der Waals surface area contributed by atoms with E-state index in [9.17, 15) is 9.59 Å². The molecule has 1 aromatic rings. The largest absolute Gasteiger partial charge is 0.478 e.